The molecule has 1 N–H and O–H groups in total. The minimum atomic E-state index is -4.42. The van der Waals surface area contributed by atoms with E-state index in [1.165, 1.54) is 6.07 Å². The second kappa shape index (κ2) is 8.08. The van der Waals surface area contributed by atoms with E-state index in [0.29, 0.717) is 16.8 Å². The van der Waals surface area contributed by atoms with E-state index < -0.39 is 10.1 Å². The van der Waals surface area contributed by atoms with Gasteiger partial charge in [0.1, 0.15) is 15.9 Å². The van der Waals surface area contributed by atoms with Gasteiger partial charge in [-0.25, -0.2) is 0 Å². The molecular formula is C26H29N3O3S. The first-order chi connectivity index (χ1) is 15.4. The van der Waals surface area contributed by atoms with Gasteiger partial charge in [-0.15, -0.1) is 15.0 Å². The zero-order chi connectivity index (χ0) is 24.0. The topological polar surface area (TPSA) is 85.1 Å². The Morgan fingerprint density at radius 3 is 1.97 bits per heavy atom. The van der Waals surface area contributed by atoms with Crippen LogP contribution in [-0.4, -0.2) is 28.0 Å². The second-order valence-electron chi connectivity index (χ2n) is 10.3. The normalized spacial score (nSPS) is 12.9. The largest absolute Gasteiger partial charge is 0.295 e. The van der Waals surface area contributed by atoms with Crippen LogP contribution in [0.25, 0.3) is 27.8 Å². The van der Waals surface area contributed by atoms with Gasteiger partial charge in [-0.2, -0.15) is 8.42 Å². The predicted molar refractivity (Wildman–Crippen MR) is 131 cm³/mol. The molecule has 0 aliphatic carbocycles. The molecule has 0 amide bonds. The summed E-state index contributed by atoms with van der Waals surface area (Å²) in [6.45, 7) is 11.1. The van der Waals surface area contributed by atoms with Gasteiger partial charge in [-0.3, -0.25) is 4.55 Å². The van der Waals surface area contributed by atoms with Crippen LogP contribution in [0.3, 0.4) is 0 Å². The molecule has 0 aliphatic heterocycles. The van der Waals surface area contributed by atoms with Gasteiger partial charge in [-0.1, -0.05) is 77.1 Å². The van der Waals surface area contributed by atoms with Gasteiger partial charge in [0.15, 0.2) is 0 Å². The van der Waals surface area contributed by atoms with Crippen LogP contribution in [0.4, 0.5) is 0 Å². The van der Waals surface area contributed by atoms with E-state index in [0.717, 1.165) is 23.0 Å². The van der Waals surface area contributed by atoms with Crippen LogP contribution in [0.15, 0.2) is 71.6 Å². The molecule has 6 nitrogen and oxygen atoms in total. The zero-order valence-electron chi connectivity index (χ0n) is 19.6. The summed E-state index contributed by atoms with van der Waals surface area (Å²) >= 11 is 0. The highest BCUT2D eigenvalue weighted by molar-refractivity contribution is 7.86. The van der Waals surface area contributed by atoms with Crippen LogP contribution >= 0.6 is 0 Å². The summed E-state index contributed by atoms with van der Waals surface area (Å²) in [5.74, 6) is 0. The predicted octanol–water partition coefficient (Wildman–Crippen LogP) is 6.05. The lowest BCUT2D eigenvalue weighted by Gasteiger charge is -2.33. The quantitative estimate of drug-likeness (QED) is 0.364. The molecule has 1 heterocycles. The summed E-state index contributed by atoms with van der Waals surface area (Å²) in [5.41, 5.74) is 4.25. The van der Waals surface area contributed by atoms with Gasteiger partial charge in [0.05, 0.1) is 5.69 Å². The molecule has 7 heteroatoms. The van der Waals surface area contributed by atoms with Gasteiger partial charge in [0.25, 0.3) is 10.1 Å². The fraction of sp³-hybridized carbons (Fsp3) is 0.308. The Labute approximate surface area is 195 Å². The molecule has 0 fully saturated rings. The Morgan fingerprint density at radius 1 is 0.818 bits per heavy atom. The van der Waals surface area contributed by atoms with Crippen molar-refractivity contribution in [1.82, 2.24) is 15.0 Å². The third kappa shape index (κ3) is 4.84. The number of aromatic nitrogens is 3. The van der Waals surface area contributed by atoms with Crippen molar-refractivity contribution in [3.8, 4) is 16.8 Å². The maximum atomic E-state index is 12.1. The fourth-order valence-electron chi connectivity index (χ4n) is 4.66. The minimum Gasteiger partial charge on any atom is -0.282 e. The van der Waals surface area contributed by atoms with E-state index in [-0.39, 0.29) is 15.7 Å². The third-order valence-electron chi connectivity index (χ3n) is 5.71. The first-order valence-corrected chi connectivity index (χ1v) is 12.3. The zero-order valence-corrected chi connectivity index (χ0v) is 20.4. The van der Waals surface area contributed by atoms with E-state index in [1.807, 2.05) is 42.5 Å². The van der Waals surface area contributed by atoms with Crippen molar-refractivity contribution >= 4 is 21.2 Å². The molecule has 4 aromatic rings. The van der Waals surface area contributed by atoms with Crippen LogP contribution in [-0.2, 0) is 15.5 Å². The fourth-order valence-corrected chi connectivity index (χ4v) is 5.36. The molecule has 0 atom stereocenters. The van der Waals surface area contributed by atoms with Crippen molar-refractivity contribution in [1.29, 1.82) is 0 Å². The highest BCUT2D eigenvalue weighted by atomic mass is 32.2. The first kappa shape index (κ1) is 23.1. The molecule has 0 saturated heterocycles. The van der Waals surface area contributed by atoms with Crippen LogP contribution in [0.2, 0.25) is 0 Å². The number of hydrogen-bond donors (Lipinski definition) is 1. The van der Waals surface area contributed by atoms with Crippen LogP contribution in [0.5, 0.6) is 0 Å². The molecule has 0 radical (unpaired) electrons. The average Bonchev–Trinajstić information content (AvgIpc) is 3.15. The summed E-state index contributed by atoms with van der Waals surface area (Å²) < 4.78 is 34.1. The first-order valence-electron chi connectivity index (χ1n) is 10.9. The van der Waals surface area contributed by atoms with Crippen LogP contribution in [0.1, 0.15) is 46.6 Å². The Kier molecular flexibility index (Phi) is 5.66. The van der Waals surface area contributed by atoms with Crippen molar-refractivity contribution < 1.29 is 13.0 Å². The smallest absolute Gasteiger partial charge is 0.282 e. The Balaban J connectivity index is 1.99. The van der Waals surface area contributed by atoms with Gasteiger partial charge in [0, 0.05) is 11.1 Å². The van der Waals surface area contributed by atoms with E-state index in [1.54, 1.807) is 23.0 Å². The molecular weight excluding hydrogens is 434 g/mol. The van der Waals surface area contributed by atoms with Gasteiger partial charge < -0.3 is 0 Å². The van der Waals surface area contributed by atoms with E-state index in [2.05, 4.69) is 44.8 Å². The van der Waals surface area contributed by atoms with Gasteiger partial charge in [-0.05, 0) is 47.1 Å². The maximum Gasteiger partial charge on any atom is 0.295 e. The molecule has 3 aromatic carbocycles. The summed E-state index contributed by atoms with van der Waals surface area (Å²) in [6.07, 6.45) is 0.953. The number of nitrogens with zero attached hydrogens (tertiary/aromatic N) is 3. The second-order valence-corrected chi connectivity index (χ2v) is 11.7. The van der Waals surface area contributed by atoms with Crippen molar-refractivity contribution in [2.75, 3.05) is 0 Å². The Morgan fingerprint density at radius 2 is 1.39 bits per heavy atom. The maximum absolute atomic E-state index is 12.1. The summed E-state index contributed by atoms with van der Waals surface area (Å²) in [5, 5.41) is 9.30. The van der Waals surface area contributed by atoms with E-state index >= 15 is 0 Å². The molecule has 0 unspecified atom stereocenters. The molecule has 172 valence electrons. The average molecular weight is 464 g/mol. The van der Waals surface area contributed by atoms with Gasteiger partial charge >= 0.3 is 0 Å². The molecule has 1 aromatic heterocycles. The number of fused-ring (bicyclic) bond motifs is 1. The summed E-state index contributed by atoms with van der Waals surface area (Å²) in [7, 11) is -4.42. The van der Waals surface area contributed by atoms with Crippen molar-refractivity contribution in [3.05, 3.63) is 72.3 Å². The van der Waals surface area contributed by atoms with Gasteiger partial charge in [0.2, 0.25) is 0 Å². The van der Waals surface area contributed by atoms with Crippen molar-refractivity contribution in [3.63, 3.8) is 0 Å². The molecule has 0 saturated carbocycles. The monoisotopic (exact) mass is 463 g/mol. The molecule has 0 bridgehead atoms. The minimum absolute atomic E-state index is 0.124. The molecule has 33 heavy (non-hydrogen) atoms. The molecule has 0 aliphatic rings. The number of benzene rings is 3. The highest BCUT2D eigenvalue weighted by Gasteiger charge is 2.29. The summed E-state index contributed by atoms with van der Waals surface area (Å²) in [6, 6.07) is 20.0. The summed E-state index contributed by atoms with van der Waals surface area (Å²) in [4.78, 5) is 1.40. The SMILES string of the molecule is CC(C)(C)CC(C)(C)c1ccc(-c2ccccc2S(=O)(=O)O)c(-n2nc3ccccc3n2)c1. The molecule has 0 spiro atoms. The van der Waals surface area contributed by atoms with Crippen LogP contribution < -0.4 is 0 Å². The van der Waals surface area contributed by atoms with Crippen molar-refractivity contribution in [2.45, 2.75) is 51.3 Å². The van der Waals surface area contributed by atoms with E-state index in [9.17, 15) is 13.0 Å². The van der Waals surface area contributed by atoms with Crippen molar-refractivity contribution in [2.24, 2.45) is 5.41 Å². The standard InChI is InChI=1S/C26H29N3O3S/c1-25(2,3)17-26(4,5)18-14-15-19(20-10-6-9-13-24(20)33(30,31)32)23(16-18)29-27-21-11-7-8-12-22(21)28-29/h6-16H,17H2,1-5H3,(H,30,31,32). The lowest BCUT2D eigenvalue weighted by molar-refractivity contribution is 0.284. The Bertz CT molecular complexity index is 1400. The Hall–Kier alpha value is -3.03. The highest BCUT2D eigenvalue weighted by Crippen LogP contribution is 2.39. The third-order valence-corrected chi connectivity index (χ3v) is 6.62. The molecule has 4 rings (SSSR count). The lowest BCUT2D eigenvalue weighted by atomic mass is 9.72. The van der Waals surface area contributed by atoms with Crippen LogP contribution in [0, 0.1) is 5.41 Å². The number of hydrogen-bond acceptors (Lipinski definition) is 4. The lowest BCUT2D eigenvalue weighted by Crippen LogP contribution is -2.25. The van der Waals surface area contributed by atoms with E-state index in [4.69, 9.17) is 0 Å². The number of rotatable bonds is 5.